The lowest BCUT2D eigenvalue weighted by atomic mass is 9.96. The smallest absolute Gasteiger partial charge is 0.118 e. The molecule has 5 nitrogen and oxygen atoms in total. The third-order valence-electron chi connectivity index (χ3n) is 5.71. The Balaban J connectivity index is 1.46. The average molecular weight is 359 g/mol. The fourth-order valence-corrected chi connectivity index (χ4v) is 4.16. The molecule has 0 atom stereocenters. The summed E-state index contributed by atoms with van der Waals surface area (Å²) in [6, 6.07) is 4.16. The van der Waals surface area contributed by atoms with Crippen molar-refractivity contribution in [2.45, 2.75) is 60.2 Å². The van der Waals surface area contributed by atoms with Crippen molar-refractivity contribution in [2.24, 2.45) is 5.92 Å². The molecular formula is C21H34N4O. The summed E-state index contributed by atoms with van der Waals surface area (Å²) in [5, 5.41) is 4.65. The number of aromatic nitrogens is 2. The zero-order valence-electron chi connectivity index (χ0n) is 17.1. The Bertz CT molecular complexity index is 710. The van der Waals surface area contributed by atoms with Crippen molar-refractivity contribution in [3.05, 3.63) is 40.6 Å². The highest BCUT2D eigenvalue weighted by Crippen LogP contribution is 2.22. The van der Waals surface area contributed by atoms with Crippen molar-refractivity contribution < 1.29 is 4.42 Å². The highest BCUT2D eigenvalue weighted by Gasteiger charge is 2.22. The normalized spacial score (nSPS) is 16.7. The maximum Gasteiger partial charge on any atom is 0.118 e. The summed E-state index contributed by atoms with van der Waals surface area (Å²) in [6.07, 6.45) is 2.55. The Hall–Kier alpha value is -1.59. The number of nitrogens with zero attached hydrogens (tertiary/aromatic N) is 4. The second-order valence-electron chi connectivity index (χ2n) is 7.89. The first-order chi connectivity index (χ1) is 12.5. The predicted octanol–water partition coefficient (Wildman–Crippen LogP) is 3.77. The van der Waals surface area contributed by atoms with Gasteiger partial charge in [0.1, 0.15) is 11.5 Å². The van der Waals surface area contributed by atoms with Crippen molar-refractivity contribution >= 4 is 0 Å². The Morgan fingerprint density at radius 3 is 2.50 bits per heavy atom. The number of hydrogen-bond acceptors (Lipinski definition) is 4. The van der Waals surface area contributed by atoms with E-state index in [0.29, 0.717) is 0 Å². The molecule has 2 aromatic heterocycles. The molecule has 5 heteroatoms. The molecule has 0 bridgehead atoms. The van der Waals surface area contributed by atoms with Crippen LogP contribution in [0.25, 0.3) is 0 Å². The molecule has 144 valence electrons. The Labute approximate surface area is 158 Å². The zero-order chi connectivity index (χ0) is 18.7. The standard InChI is InChI=1S/C21H34N4O/c1-6-25-18(4)21(17(3)22-25)15-23(5)13-19-9-11-24(12-10-19)14-20-8-7-16(2)26-20/h7-8,19H,6,9-15H2,1-5H3. The number of furan rings is 1. The third-order valence-corrected chi connectivity index (χ3v) is 5.71. The van der Waals surface area contributed by atoms with Crippen LogP contribution in [-0.2, 0) is 19.6 Å². The molecule has 26 heavy (non-hydrogen) atoms. The van der Waals surface area contributed by atoms with Crippen LogP contribution in [0.4, 0.5) is 0 Å². The van der Waals surface area contributed by atoms with Crippen LogP contribution in [0.1, 0.15) is 48.2 Å². The molecule has 3 rings (SSSR count). The highest BCUT2D eigenvalue weighted by molar-refractivity contribution is 5.24. The van der Waals surface area contributed by atoms with Gasteiger partial charge in [0.05, 0.1) is 12.2 Å². The fourth-order valence-electron chi connectivity index (χ4n) is 4.16. The summed E-state index contributed by atoms with van der Waals surface area (Å²) in [7, 11) is 2.25. The van der Waals surface area contributed by atoms with Gasteiger partial charge in [-0.05, 0) is 78.7 Å². The van der Waals surface area contributed by atoms with E-state index in [4.69, 9.17) is 4.42 Å². The molecule has 1 fully saturated rings. The third kappa shape index (κ3) is 4.57. The van der Waals surface area contributed by atoms with Gasteiger partial charge < -0.3 is 9.32 Å². The Morgan fingerprint density at radius 1 is 1.19 bits per heavy atom. The quantitative estimate of drug-likeness (QED) is 0.755. The van der Waals surface area contributed by atoms with Crippen LogP contribution < -0.4 is 0 Å². The van der Waals surface area contributed by atoms with E-state index < -0.39 is 0 Å². The fraction of sp³-hybridized carbons (Fsp3) is 0.667. The molecule has 0 saturated carbocycles. The molecular weight excluding hydrogens is 324 g/mol. The molecule has 0 N–H and O–H groups in total. The minimum atomic E-state index is 0.788. The SMILES string of the molecule is CCn1nc(C)c(CN(C)CC2CCN(Cc3ccc(C)o3)CC2)c1C. The van der Waals surface area contributed by atoms with Gasteiger partial charge in [-0.25, -0.2) is 0 Å². The van der Waals surface area contributed by atoms with Crippen LogP contribution in [0.2, 0.25) is 0 Å². The second-order valence-corrected chi connectivity index (χ2v) is 7.89. The van der Waals surface area contributed by atoms with Crippen molar-refractivity contribution in [1.29, 1.82) is 0 Å². The van der Waals surface area contributed by atoms with E-state index in [9.17, 15) is 0 Å². The van der Waals surface area contributed by atoms with Gasteiger partial charge in [0.15, 0.2) is 0 Å². The maximum atomic E-state index is 5.72. The van der Waals surface area contributed by atoms with Gasteiger partial charge in [-0.2, -0.15) is 5.10 Å². The maximum absolute atomic E-state index is 5.72. The first-order valence-electron chi connectivity index (χ1n) is 9.95. The molecule has 0 amide bonds. The molecule has 0 aliphatic carbocycles. The summed E-state index contributed by atoms with van der Waals surface area (Å²) < 4.78 is 7.84. The number of likely N-dealkylation sites (tertiary alicyclic amines) is 1. The van der Waals surface area contributed by atoms with Crippen LogP contribution in [0.3, 0.4) is 0 Å². The van der Waals surface area contributed by atoms with Crippen molar-refractivity contribution in [3.63, 3.8) is 0 Å². The largest absolute Gasteiger partial charge is 0.465 e. The van der Waals surface area contributed by atoms with Crippen LogP contribution in [-0.4, -0.2) is 46.3 Å². The Kier molecular flexibility index (Phi) is 6.20. The molecule has 1 aliphatic heterocycles. The predicted molar refractivity (Wildman–Crippen MR) is 105 cm³/mol. The number of aryl methyl sites for hydroxylation is 3. The first kappa shape index (κ1) is 19.2. The van der Waals surface area contributed by atoms with Gasteiger partial charge in [-0.1, -0.05) is 0 Å². The lowest BCUT2D eigenvalue weighted by Gasteiger charge is -2.33. The van der Waals surface area contributed by atoms with Gasteiger partial charge in [0.2, 0.25) is 0 Å². The molecule has 3 heterocycles. The average Bonchev–Trinajstić information content (AvgIpc) is 3.14. The minimum Gasteiger partial charge on any atom is -0.465 e. The monoisotopic (exact) mass is 358 g/mol. The van der Waals surface area contributed by atoms with E-state index in [1.54, 1.807) is 0 Å². The summed E-state index contributed by atoms with van der Waals surface area (Å²) in [5.74, 6) is 2.89. The van der Waals surface area contributed by atoms with E-state index >= 15 is 0 Å². The van der Waals surface area contributed by atoms with E-state index in [1.807, 2.05) is 6.92 Å². The molecule has 2 aromatic rings. The van der Waals surface area contributed by atoms with Crippen LogP contribution in [0.15, 0.2) is 16.5 Å². The van der Waals surface area contributed by atoms with Gasteiger partial charge in [0, 0.05) is 30.9 Å². The van der Waals surface area contributed by atoms with Crippen molar-refractivity contribution in [1.82, 2.24) is 19.6 Å². The second kappa shape index (κ2) is 8.40. The van der Waals surface area contributed by atoms with Crippen LogP contribution in [0.5, 0.6) is 0 Å². The lowest BCUT2D eigenvalue weighted by molar-refractivity contribution is 0.140. The van der Waals surface area contributed by atoms with Crippen molar-refractivity contribution in [3.8, 4) is 0 Å². The number of hydrogen-bond donors (Lipinski definition) is 0. The molecule has 0 spiro atoms. The number of rotatable bonds is 7. The molecule has 0 unspecified atom stereocenters. The van der Waals surface area contributed by atoms with Crippen LogP contribution in [0, 0.1) is 26.7 Å². The number of piperidine rings is 1. The highest BCUT2D eigenvalue weighted by atomic mass is 16.3. The van der Waals surface area contributed by atoms with Gasteiger partial charge in [0.25, 0.3) is 0 Å². The minimum absolute atomic E-state index is 0.788. The molecule has 1 aliphatic rings. The molecule has 1 saturated heterocycles. The van der Waals surface area contributed by atoms with E-state index in [1.165, 1.54) is 49.4 Å². The summed E-state index contributed by atoms with van der Waals surface area (Å²) in [5.41, 5.74) is 3.90. The van der Waals surface area contributed by atoms with E-state index in [2.05, 4.69) is 59.5 Å². The van der Waals surface area contributed by atoms with E-state index in [-0.39, 0.29) is 0 Å². The molecule has 0 aromatic carbocycles. The van der Waals surface area contributed by atoms with Crippen molar-refractivity contribution in [2.75, 3.05) is 26.7 Å². The lowest BCUT2D eigenvalue weighted by Crippen LogP contribution is -2.37. The van der Waals surface area contributed by atoms with Gasteiger partial charge in [-0.15, -0.1) is 0 Å². The molecule has 0 radical (unpaired) electrons. The van der Waals surface area contributed by atoms with Crippen LogP contribution >= 0.6 is 0 Å². The zero-order valence-corrected chi connectivity index (χ0v) is 17.1. The van der Waals surface area contributed by atoms with Gasteiger partial charge in [-0.3, -0.25) is 9.58 Å². The first-order valence-corrected chi connectivity index (χ1v) is 9.95. The topological polar surface area (TPSA) is 37.4 Å². The Morgan fingerprint density at radius 2 is 1.92 bits per heavy atom. The summed E-state index contributed by atoms with van der Waals surface area (Å²) >= 11 is 0. The van der Waals surface area contributed by atoms with E-state index in [0.717, 1.165) is 37.1 Å². The summed E-state index contributed by atoms with van der Waals surface area (Å²) in [6.45, 7) is 14.9. The van der Waals surface area contributed by atoms with Gasteiger partial charge >= 0.3 is 0 Å². The summed E-state index contributed by atoms with van der Waals surface area (Å²) in [4.78, 5) is 5.00.